The Hall–Kier alpha value is -3.36. The predicted octanol–water partition coefficient (Wildman–Crippen LogP) is 3.84. The lowest BCUT2D eigenvalue weighted by Crippen LogP contribution is -2.28. The summed E-state index contributed by atoms with van der Waals surface area (Å²) in [4.78, 5) is 29.0. The predicted molar refractivity (Wildman–Crippen MR) is 102 cm³/mol. The number of nitrogens with one attached hydrogen (secondary N) is 1. The average Bonchev–Trinajstić information content (AvgIpc) is 2.68. The summed E-state index contributed by atoms with van der Waals surface area (Å²) in [7, 11) is 0. The molecular weight excluding hydrogens is 387 g/mol. The lowest BCUT2D eigenvalue weighted by molar-refractivity contribution is -0.137. The van der Waals surface area contributed by atoms with Crippen LogP contribution in [0.4, 0.5) is 18.9 Å². The van der Waals surface area contributed by atoms with Crippen molar-refractivity contribution in [2.75, 3.05) is 11.9 Å². The van der Waals surface area contributed by atoms with Gasteiger partial charge in [-0.15, -0.1) is 0 Å². The van der Waals surface area contributed by atoms with Gasteiger partial charge >= 0.3 is 6.18 Å². The summed E-state index contributed by atoms with van der Waals surface area (Å²) in [5.41, 5.74) is -0.958. The molecule has 0 aliphatic heterocycles. The van der Waals surface area contributed by atoms with E-state index in [0.717, 1.165) is 22.8 Å². The van der Waals surface area contributed by atoms with E-state index in [4.69, 9.17) is 4.74 Å². The van der Waals surface area contributed by atoms with Crippen LogP contribution in [0, 0.1) is 0 Å². The molecule has 9 heteroatoms. The number of ether oxygens (including phenoxy) is 1. The molecule has 3 rings (SSSR count). The molecule has 152 valence electrons. The van der Waals surface area contributed by atoms with Gasteiger partial charge in [0.2, 0.25) is 5.91 Å². The third-order valence-electron chi connectivity index (χ3n) is 4.09. The molecule has 29 heavy (non-hydrogen) atoms. The quantitative estimate of drug-likeness (QED) is 0.676. The van der Waals surface area contributed by atoms with Gasteiger partial charge < -0.3 is 10.1 Å². The highest BCUT2D eigenvalue weighted by molar-refractivity contribution is 5.92. The first-order valence-electron chi connectivity index (χ1n) is 8.87. The molecule has 0 saturated carbocycles. The molecule has 0 aliphatic rings. The molecule has 0 radical (unpaired) electrons. The number of carbonyl (C=O) groups excluding carboxylic acids is 1. The number of benzene rings is 2. The van der Waals surface area contributed by atoms with E-state index in [9.17, 15) is 22.8 Å². The number of carbonyl (C=O) groups is 1. The number of alkyl halides is 3. The van der Waals surface area contributed by atoms with Crippen molar-refractivity contribution in [2.24, 2.45) is 0 Å². The van der Waals surface area contributed by atoms with Crippen molar-refractivity contribution in [1.29, 1.82) is 0 Å². The molecule has 1 N–H and O–H groups in total. The zero-order valence-corrected chi connectivity index (χ0v) is 15.5. The van der Waals surface area contributed by atoms with Gasteiger partial charge in [-0.05, 0) is 36.8 Å². The number of para-hydroxylation sites is 1. The van der Waals surface area contributed by atoms with Gasteiger partial charge in [-0.2, -0.15) is 13.2 Å². The fraction of sp³-hybridized carbons (Fsp3) is 0.250. The van der Waals surface area contributed by atoms with E-state index in [0.29, 0.717) is 17.3 Å². The molecule has 3 aromatic rings. The summed E-state index contributed by atoms with van der Waals surface area (Å²) in [5, 5.41) is 2.75. The van der Waals surface area contributed by atoms with Crippen molar-refractivity contribution >= 4 is 22.5 Å². The molecule has 1 amide bonds. The van der Waals surface area contributed by atoms with E-state index in [-0.39, 0.29) is 18.0 Å². The topological polar surface area (TPSA) is 73.2 Å². The van der Waals surface area contributed by atoms with Gasteiger partial charge in [-0.25, -0.2) is 4.98 Å². The third kappa shape index (κ3) is 4.74. The summed E-state index contributed by atoms with van der Waals surface area (Å²) in [6.07, 6.45) is -2.70. The number of halogens is 3. The van der Waals surface area contributed by atoms with Crippen molar-refractivity contribution in [3.8, 4) is 5.75 Å². The van der Waals surface area contributed by atoms with Crippen molar-refractivity contribution in [3.05, 3.63) is 64.7 Å². The van der Waals surface area contributed by atoms with Crippen LogP contribution >= 0.6 is 0 Å². The normalized spacial score (nSPS) is 11.4. The molecule has 6 nitrogen and oxygen atoms in total. The molecule has 0 aliphatic carbocycles. The van der Waals surface area contributed by atoms with E-state index >= 15 is 0 Å². The van der Waals surface area contributed by atoms with Crippen LogP contribution in [0.3, 0.4) is 0 Å². The Kier molecular flexibility index (Phi) is 5.86. The van der Waals surface area contributed by atoms with Crippen molar-refractivity contribution < 1.29 is 22.7 Å². The van der Waals surface area contributed by atoms with Gasteiger partial charge in [0.05, 0.1) is 35.1 Å². The average molecular weight is 405 g/mol. The molecule has 2 aromatic carbocycles. The Labute approximate surface area is 163 Å². The van der Waals surface area contributed by atoms with Crippen LogP contribution in [-0.2, 0) is 17.5 Å². The Bertz CT molecular complexity index is 1090. The second-order valence-corrected chi connectivity index (χ2v) is 6.30. The monoisotopic (exact) mass is 405 g/mol. The smallest absolute Gasteiger partial charge is 0.416 e. The van der Waals surface area contributed by atoms with Crippen LogP contribution in [0.1, 0.15) is 18.9 Å². The molecule has 1 heterocycles. The Morgan fingerprint density at radius 1 is 1.21 bits per heavy atom. The minimum Gasteiger partial charge on any atom is -0.491 e. The fourth-order valence-corrected chi connectivity index (χ4v) is 2.71. The van der Waals surface area contributed by atoms with E-state index in [1.165, 1.54) is 6.33 Å². The van der Waals surface area contributed by atoms with Crippen LogP contribution in [0.25, 0.3) is 10.9 Å². The molecule has 0 saturated heterocycles. The minimum absolute atomic E-state index is 0.111. The Balaban J connectivity index is 1.86. The van der Waals surface area contributed by atoms with Crippen LogP contribution in [0.5, 0.6) is 5.75 Å². The number of hydrogen-bond donors (Lipinski definition) is 1. The number of aromatic nitrogens is 2. The first kappa shape index (κ1) is 20.4. The van der Waals surface area contributed by atoms with E-state index < -0.39 is 29.8 Å². The van der Waals surface area contributed by atoms with Crippen LogP contribution < -0.4 is 15.6 Å². The molecule has 0 atom stereocenters. The Morgan fingerprint density at radius 2 is 1.97 bits per heavy atom. The number of fused-ring (bicyclic) bond motifs is 1. The Morgan fingerprint density at radius 3 is 2.69 bits per heavy atom. The second-order valence-electron chi connectivity index (χ2n) is 6.30. The summed E-state index contributed by atoms with van der Waals surface area (Å²) < 4.78 is 45.6. The maximum atomic E-state index is 13.0. The lowest BCUT2D eigenvalue weighted by atomic mass is 10.1. The number of anilines is 1. The molecular formula is C20H18F3N3O3. The van der Waals surface area contributed by atoms with E-state index in [2.05, 4.69) is 10.3 Å². The second kappa shape index (κ2) is 8.34. The first-order valence-corrected chi connectivity index (χ1v) is 8.87. The van der Waals surface area contributed by atoms with Gasteiger partial charge in [0.15, 0.2) is 0 Å². The van der Waals surface area contributed by atoms with E-state index in [1.807, 2.05) is 6.92 Å². The number of amides is 1. The maximum absolute atomic E-state index is 13.0. The summed E-state index contributed by atoms with van der Waals surface area (Å²) in [6, 6.07) is 9.53. The molecule has 0 spiro atoms. The highest BCUT2D eigenvalue weighted by Gasteiger charge is 2.31. The highest BCUT2D eigenvalue weighted by Crippen LogP contribution is 2.35. The minimum atomic E-state index is -4.57. The highest BCUT2D eigenvalue weighted by atomic mass is 19.4. The third-order valence-corrected chi connectivity index (χ3v) is 4.09. The number of rotatable bonds is 6. The van der Waals surface area contributed by atoms with Gasteiger partial charge in [-0.1, -0.05) is 19.1 Å². The maximum Gasteiger partial charge on any atom is 0.416 e. The zero-order chi connectivity index (χ0) is 21.0. The molecule has 0 fully saturated rings. The van der Waals surface area contributed by atoms with Crippen molar-refractivity contribution in [3.63, 3.8) is 0 Å². The summed E-state index contributed by atoms with van der Waals surface area (Å²) in [6.45, 7) is 1.73. The number of hydrogen-bond acceptors (Lipinski definition) is 4. The molecule has 0 bridgehead atoms. The SMILES string of the molecule is CCCOc1ccc(C(F)(F)F)cc1NC(=O)Cn1cnc2ccccc2c1=O. The van der Waals surface area contributed by atoms with Crippen molar-refractivity contribution in [2.45, 2.75) is 26.1 Å². The van der Waals surface area contributed by atoms with Gasteiger partial charge in [0.25, 0.3) is 5.56 Å². The van der Waals surface area contributed by atoms with Gasteiger partial charge in [0.1, 0.15) is 12.3 Å². The largest absolute Gasteiger partial charge is 0.491 e. The fourth-order valence-electron chi connectivity index (χ4n) is 2.71. The van der Waals surface area contributed by atoms with Crippen LogP contribution in [-0.4, -0.2) is 22.1 Å². The lowest BCUT2D eigenvalue weighted by Gasteiger charge is -2.15. The summed E-state index contributed by atoms with van der Waals surface area (Å²) in [5.74, 6) is -0.554. The van der Waals surface area contributed by atoms with Gasteiger partial charge in [-0.3, -0.25) is 14.2 Å². The zero-order valence-electron chi connectivity index (χ0n) is 15.5. The molecule has 0 unspecified atom stereocenters. The first-order chi connectivity index (χ1) is 13.8. The molecule has 1 aromatic heterocycles. The van der Waals surface area contributed by atoms with E-state index in [1.54, 1.807) is 24.3 Å². The standard InChI is InChI=1S/C20H18F3N3O3/c1-2-9-29-17-8-7-13(20(21,22)23)10-16(17)25-18(27)11-26-12-24-15-6-4-3-5-14(15)19(26)28/h3-8,10,12H,2,9,11H2,1H3,(H,25,27). The van der Waals surface area contributed by atoms with Crippen LogP contribution in [0.15, 0.2) is 53.6 Å². The van der Waals surface area contributed by atoms with Crippen molar-refractivity contribution in [1.82, 2.24) is 9.55 Å². The van der Waals surface area contributed by atoms with Crippen LogP contribution in [0.2, 0.25) is 0 Å². The number of nitrogens with zero attached hydrogens (tertiary/aromatic N) is 2. The summed E-state index contributed by atoms with van der Waals surface area (Å²) >= 11 is 0. The van der Waals surface area contributed by atoms with Gasteiger partial charge in [0, 0.05) is 0 Å².